The summed E-state index contributed by atoms with van der Waals surface area (Å²) in [6, 6.07) is 14.2. The van der Waals surface area contributed by atoms with Crippen molar-refractivity contribution in [3.63, 3.8) is 0 Å². The first-order valence-corrected chi connectivity index (χ1v) is 9.60. The maximum absolute atomic E-state index is 12.2. The lowest BCUT2D eigenvalue weighted by Crippen LogP contribution is -2.11. The van der Waals surface area contributed by atoms with Crippen LogP contribution in [-0.2, 0) is 10.0 Å². The molecule has 1 N–H and O–H groups in total. The van der Waals surface area contributed by atoms with Gasteiger partial charge in [-0.15, -0.1) is 22.7 Å². The number of benzene rings is 1. The van der Waals surface area contributed by atoms with Gasteiger partial charge in [-0.2, -0.15) is 0 Å². The summed E-state index contributed by atoms with van der Waals surface area (Å²) in [6.45, 7) is 0. The Morgan fingerprint density at radius 3 is 2.45 bits per heavy atom. The molecule has 0 spiro atoms. The Bertz CT molecular complexity index is 915. The van der Waals surface area contributed by atoms with Gasteiger partial charge in [0.1, 0.15) is 4.21 Å². The third-order valence-corrected chi connectivity index (χ3v) is 6.29. The standard InChI is InChI=1S/C16H11NO2S3/c18-22(19,16-7-3-11-21-16)17-14-5-1-4-13(12-14)8-9-15-6-2-10-20-15/h1-7,10-12,17H. The average Bonchev–Trinajstić information content (AvgIpc) is 3.19. The van der Waals surface area contributed by atoms with Crippen LogP contribution in [-0.4, -0.2) is 8.42 Å². The smallest absolute Gasteiger partial charge is 0.271 e. The van der Waals surface area contributed by atoms with E-state index in [0.29, 0.717) is 9.90 Å². The van der Waals surface area contributed by atoms with Crippen molar-refractivity contribution in [2.75, 3.05) is 4.72 Å². The Morgan fingerprint density at radius 2 is 1.73 bits per heavy atom. The van der Waals surface area contributed by atoms with Crippen molar-refractivity contribution < 1.29 is 8.42 Å². The number of thiophene rings is 2. The van der Waals surface area contributed by atoms with Crippen molar-refractivity contribution in [2.24, 2.45) is 0 Å². The minimum absolute atomic E-state index is 0.294. The van der Waals surface area contributed by atoms with E-state index in [-0.39, 0.29) is 0 Å². The topological polar surface area (TPSA) is 46.2 Å². The number of hydrogen-bond acceptors (Lipinski definition) is 4. The molecule has 0 saturated heterocycles. The van der Waals surface area contributed by atoms with Crippen LogP contribution in [0.5, 0.6) is 0 Å². The van der Waals surface area contributed by atoms with Gasteiger partial charge in [0.25, 0.3) is 10.0 Å². The fourth-order valence-corrected chi connectivity index (χ4v) is 4.38. The minimum Gasteiger partial charge on any atom is -0.279 e. The highest BCUT2D eigenvalue weighted by molar-refractivity contribution is 7.94. The maximum atomic E-state index is 12.2. The molecule has 0 aliphatic rings. The molecule has 6 heteroatoms. The molecule has 0 atom stereocenters. The summed E-state index contributed by atoms with van der Waals surface area (Å²) in [4.78, 5) is 0.976. The molecule has 0 saturated carbocycles. The molecule has 1 aromatic carbocycles. The van der Waals surface area contributed by atoms with Crippen LogP contribution in [0.15, 0.2) is 63.5 Å². The minimum atomic E-state index is -3.52. The molecular weight excluding hydrogens is 334 g/mol. The van der Waals surface area contributed by atoms with E-state index in [1.807, 2.05) is 23.6 Å². The summed E-state index contributed by atoms with van der Waals surface area (Å²) >= 11 is 2.76. The second-order valence-corrected chi connectivity index (χ2v) is 8.15. The molecule has 3 rings (SSSR count). The van der Waals surface area contributed by atoms with Crippen LogP contribution in [0.25, 0.3) is 0 Å². The first-order valence-electron chi connectivity index (χ1n) is 6.35. The van der Waals surface area contributed by atoms with Crippen molar-refractivity contribution >= 4 is 38.4 Å². The van der Waals surface area contributed by atoms with Gasteiger partial charge in [-0.05, 0) is 41.1 Å². The summed E-state index contributed by atoms with van der Waals surface area (Å²) in [5, 5.41) is 3.70. The number of rotatable bonds is 3. The fraction of sp³-hybridized carbons (Fsp3) is 0. The SMILES string of the molecule is O=S(=O)(Nc1cccc(C#Cc2cccs2)c1)c1cccs1. The zero-order chi connectivity index (χ0) is 15.4. The molecule has 0 radical (unpaired) electrons. The first-order chi connectivity index (χ1) is 10.6. The molecule has 0 bridgehead atoms. The zero-order valence-electron chi connectivity index (χ0n) is 11.3. The molecule has 22 heavy (non-hydrogen) atoms. The van der Waals surface area contributed by atoms with E-state index >= 15 is 0 Å². The molecular formula is C16H11NO2S3. The highest BCUT2D eigenvalue weighted by Gasteiger charge is 2.14. The van der Waals surface area contributed by atoms with Gasteiger partial charge in [0.2, 0.25) is 0 Å². The molecule has 2 aromatic heterocycles. The Hall–Kier alpha value is -2.07. The van der Waals surface area contributed by atoms with Crippen LogP contribution in [0.2, 0.25) is 0 Å². The predicted molar refractivity (Wildman–Crippen MR) is 91.9 cm³/mol. The van der Waals surface area contributed by atoms with E-state index in [4.69, 9.17) is 0 Å². The number of sulfonamides is 1. The van der Waals surface area contributed by atoms with Gasteiger partial charge < -0.3 is 0 Å². The van der Waals surface area contributed by atoms with Crippen LogP contribution >= 0.6 is 22.7 Å². The molecule has 0 aliphatic carbocycles. The van der Waals surface area contributed by atoms with E-state index in [2.05, 4.69) is 16.6 Å². The maximum Gasteiger partial charge on any atom is 0.271 e. The van der Waals surface area contributed by atoms with Gasteiger partial charge >= 0.3 is 0 Å². The van der Waals surface area contributed by atoms with Crippen LogP contribution in [0, 0.1) is 11.8 Å². The third kappa shape index (κ3) is 3.57. The number of nitrogens with one attached hydrogen (secondary N) is 1. The molecule has 110 valence electrons. The first kappa shape index (κ1) is 14.9. The van der Waals surface area contributed by atoms with Gasteiger partial charge in [0.15, 0.2) is 0 Å². The number of anilines is 1. The fourth-order valence-electron chi connectivity index (χ4n) is 1.77. The zero-order valence-corrected chi connectivity index (χ0v) is 13.8. The van der Waals surface area contributed by atoms with Crippen LogP contribution < -0.4 is 4.72 Å². The van der Waals surface area contributed by atoms with Gasteiger partial charge in [-0.25, -0.2) is 8.42 Å². The normalized spacial score (nSPS) is 10.7. The van der Waals surface area contributed by atoms with Crippen molar-refractivity contribution in [3.8, 4) is 11.8 Å². The molecule has 3 aromatic rings. The Labute approximate surface area is 137 Å². The highest BCUT2D eigenvalue weighted by Crippen LogP contribution is 2.20. The summed E-state index contributed by atoms with van der Waals surface area (Å²) in [6.07, 6.45) is 0. The lowest BCUT2D eigenvalue weighted by Gasteiger charge is -2.06. The third-order valence-electron chi connectivity index (χ3n) is 2.73. The Balaban J connectivity index is 1.83. The average molecular weight is 345 g/mol. The van der Waals surface area contributed by atoms with Gasteiger partial charge in [0, 0.05) is 5.56 Å². The molecule has 0 fully saturated rings. The number of hydrogen-bond donors (Lipinski definition) is 1. The van der Waals surface area contributed by atoms with Crippen molar-refractivity contribution in [3.05, 3.63) is 69.7 Å². The molecule has 0 unspecified atom stereocenters. The summed E-state index contributed by atoms with van der Waals surface area (Å²) < 4.78 is 27.2. The molecule has 0 amide bonds. The van der Waals surface area contributed by atoms with E-state index in [1.54, 1.807) is 47.0 Å². The second kappa shape index (κ2) is 6.36. The van der Waals surface area contributed by atoms with Gasteiger partial charge in [0.05, 0.1) is 10.6 Å². The van der Waals surface area contributed by atoms with Crippen molar-refractivity contribution in [2.45, 2.75) is 4.21 Å². The molecule has 3 nitrogen and oxygen atoms in total. The lowest BCUT2D eigenvalue weighted by molar-refractivity contribution is 0.603. The van der Waals surface area contributed by atoms with Gasteiger partial charge in [-0.3, -0.25) is 4.72 Å². The lowest BCUT2D eigenvalue weighted by atomic mass is 10.2. The van der Waals surface area contributed by atoms with E-state index in [0.717, 1.165) is 10.4 Å². The van der Waals surface area contributed by atoms with Crippen molar-refractivity contribution in [1.29, 1.82) is 0 Å². The molecule has 2 heterocycles. The largest absolute Gasteiger partial charge is 0.279 e. The summed E-state index contributed by atoms with van der Waals surface area (Å²) in [5.41, 5.74) is 1.27. The van der Waals surface area contributed by atoms with E-state index in [1.165, 1.54) is 11.3 Å². The summed E-state index contributed by atoms with van der Waals surface area (Å²) in [7, 11) is -3.52. The Morgan fingerprint density at radius 1 is 0.909 bits per heavy atom. The van der Waals surface area contributed by atoms with Crippen LogP contribution in [0.3, 0.4) is 0 Å². The summed E-state index contributed by atoms with van der Waals surface area (Å²) in [5.74, 6) is 6.09. The van der Waals surface area contributed by atoms with Gasteiger partial charge in [-0.1, -0.05) is 30.0 Å². The predicted octanol–water partition coefficient (Wildman–Crippen LogP) is 4.01. The van der Waals surface area contributed by atoms with Crippen LogP contribution in [0.4, 0.5) is 5.69 Å². The van der Waals surface area contributed by atoms with E-state index in [9.17, 15) is 8.42 Å². The molecule has 0 aliphatic heterocycles. The quantitative estimate of drug-likeness (QED) is 0.729. The van der Waals surface area contributed by atoms with Crippen LogP contribution in [0.1, 0.15) is 10.4 Å². The highest BCUT2D eigenvalue weighted by atomic mass is 32.2. The second-order valence-electron chi connectivity index (χ2n) is 4.35. The monoisotopic (exact) mass is 345 g/mol. The van der Waals surface area contributed by atoms with Crippen molar-refractivity contribution in [1.82, 2.24) is 0 Å². The Kier molecular flexibility index (Phi) is 4.29. The van der Waals surface area contributed by atoms with E-state index < -0.39 is 10.0 Å².